The number of thioether (sulfide) groups is 1. The number of ether oxygens (including phenoxy) is 1. The first-order valence-electron chi connectivity index (χ1n) is 8.65. The SMILES string of the molecule is Cc1ccc(SCCC(=O)Nc2ccc(Oc3ncccn3)cc2)cc1C. The van der Waals surface area contributed by atoms with Crippen LogP contribution in [0.4, 0.5) is 5.69 Å². The Labute approximate surface area is 163 Å². The van der Waals surface area contributed by atoms with Crippen molar-refractivity contribution in [1.29, 1.82) is 0 Å². The minimum absolute atomic E-state index is 0.00797. The number of aryl methyl sites for hydroxylation is 2. The van der Waals surface area contributed by atoms with E-state index in [1.807, 2.05) is 0 Å². The number of carbonyl (C=O) groups excluding carboxylic acids is 1. The summed E-state index contributed by atoms with van der Waals surface area (Å²) in [5.74, 6) is 1.34. The molecule has 0 aliphatic rings. The number of amides is 1. The van der Waals surface area contributed by atoms with Crippen LogP contribution in [0, 0.1) is 13.8 Å². The molecule has 0 radical (unpaired) electrons. The van der Waals surface area contributed by atoms with Gasteiger partial charge in [0, 0.05) is 35.2 Å². The van der Waals surface area contributed by atoms with Gasteiger partial charge in [-0.05, 0) is 67.4 Å². The van der Waals surface area contributed by atoms with Crippen molar-refractivity contribution in [2.45, 2.75) is 25.2 Å². The molecular formula is C21H21N3O2S. The molecule has 0 atom stereocenters. The lowest BCUT2D eigenvalue weighted by Gasteiger charge is -2.08. The smallest absolute Gasteiger partial charge is 0.321 e. The number of hydrogen-bond donors (Lipinski definition) is 1. The van der Waals surface area contributed by atoms with Crippen LogP contribution >= 0.6 is 11.8 Å². The summed E-state index contributed by atoms with van der Waals surface area (Å²) in [7, 11) is 0. The summed E-state index contributed by atoms with van der Waals surface area (Å²) in [6, 6.07) is 15.5. The normalized spacial score (nSPS) is 10.4. The molecule has 1 N–H and O–H groups in total. The average Bonchev–Trinajstić information content (AvgIpc) is 2.67. The molecule has 0 bridgehead atoms. The van der Waals surface area contributed by atoms with Gasteiger partial charge in [0.1, 0.15) is 5.75 Å². The van der Waals surface area contributed by atoms with Gasteiger partial charge in [-0.3, -0.25) is 4.79 Å². The van der Waals surface area contributed by atoms with Gasteiger partial charge in [0.2, 0.25) is 5.91 Å². The molecule has 0 unspecified atom stereocenters. The van der Waals surface area contributed by atoms with Crippen LogP contribution in [0.3, 0.4) is 0 Å². The molecule has 0 fully saturated rings. The van der Waals surface area contributed by atoms with E-state index < -0.39 is 0 Å². The van der Waals surface area contributed by atoms with Crippen LogP contribution in [0.1, 0.15) is 17.5 Å². The van der Waals surface area contributed by atoms with Crippen molar-refractivity contribution < 1.29 is 9.53 Å². The van der Waals surface area contributed by atoms with E-state index >= 15 is 0 Å². The number of nitrogens with zero attached hydrogens (tertiary/aromatic N) is 2. The van der Waals surface area contributed by atoms with Gasteiger partial charge < -0.3 is 10.1 Å². The fourth-order valence-electron chi connectivity index (χ4n) is 2.34. The number of aromatic nitrogens is 2. The van der Waals surface area contributed by atoms with E-state index in [2.05, 4.69) is 47.3 Å². The zero-order valence-corrected chi connectivity index (χ0v) is 16.1. The van der Waals surface area contributed by atoms with Crippen LogP contribution in [0.2, 0.25) is 0 Å². The largest absolute Gasteiger partial charge is 0.424 e. The van der Waals surface area contributed by atoms with Gasteiger partial charge >= 0.3 is 6.01 Å². The van der Waals surface area contributed by atoms with Crippen molar-refractivity contribution in [2.75, 3.05) is 11.1 Å². The number of hydrogen-bond acceptors (Lipinski definition) is 5. The van der Waals surface area contributed by atoms with Gasteiger partial charge in [0.05, 0.1) is 0 Å². The Morgan fingerprint density at radius 1 is 1.04 bits per heavy atom. The Morgan fingerprint density at radius 2 is 1.78 bits per heavy atom. The zero-order valence-electron chi connectivity index (χ0n) is 15.3. The molecule has 0 aliphatic carbocycles. The van der Waals surface area contributed by atoms with E-state index in [1.165, 1.54) is 16.0 Å². The Kier molecular flexibility index (Phi) is 6.44. The minimum atomic E-state index is -0.00797. The summed E-state index contributed by atoms with van der Waals surface area (Å²) in [6.07, 6.45) is 3.69. The molecule has 1 heterocycles. The molecular weight excluding hydrogens is 358 g/mol. The summed E-state index contributed by atoms with van der Waals surface area (Å²) in [5.41, 5.74) is 3.29. The molecule has 27 heavy (non-hydrogen) atoms. The maximum atomic E-state index is 12.1. The quantitative estimate of drug-likeness (QED) is 0.585. The first kappa shape index (κ1) is 18.9. The number of rotatable bonds is 7. The van der Waals surface area contributed by atoms with Crippen LogP contribution in [0.25, 0.3) is 0 Å². The van der Waals surface area contributed by atoms with Crippen LogP contribution in [0.15, 0.2) is 65.8 Å². The topological polar surface area (TPSA) is 64.1 Å². The summed E-state index contributed by atoms with van der Waals surface area (Å²) < 4.78 is 5.53. The van der Waals surface area contributed by atoms with Crippen molar-refractivity contribution in [3.8, 4) is 11.8 Å². The molecule has 6 heteroatoms. The standard InChI is InChI=1S/C21H21N3O2S/c1-15-4-9-19(14-16(15)2)27-13-10-20(25)24-17-5-7-18(8-6-17)26-21-22-11-3-12-23-21/h3-9,11-12,14H,10,13H2,1-2H3,(H,24,25). The molecule has 5 nitrogen and oxygen atoms in total. The number of anilines is 1. The highest BCUT2D eigenvalue weighted by molar-refractivity contribution is 7.99. The van der Waals surface area contributed by atoms with Gasteiger partial charge in [-0.2, -0.15) is 0 Å². The van der Waals surface area contributed by atoms with Crippen LogP contribution in [0.5, 0.6) is 11.8 Å². The molecule has 138 valence electrons. The zero-order chi connectivity index (χ0) is 19.1. The van der Waals surface area contributed by atoms with Gasteiger partial charge in [-0.15, -0.1) is 11.8 Å². The highest BCUT2D eigenvalue weighted by Gasteiger charge is 2.05. The van der Waals surface area contributed by atoms with E-state index in [0.717, 1.165) is 11.4 Å². The fraction of sp³-hybridized carbons (Fsp3) is 0.190. The number of benzene rings is 2. The lowest BCUT2D eigenvalue weighted by molar-refractivity contribution is -0.115. The van der Waals surface area contributed by atoms with Crippen LogP contribution < -0.4 is 10.1 Å². The fourth-order valence-corrected chi connectivity index (χ4v) is 3.29. The van der Waals surface area contributed by atoms with Gasteiger partial charge in [0.25, 0.3) is 0 Å². The third-order valence-corrected chi connectivity index (χ3v) is 4.96. The monoisotopic (exact) mass is 379 g/mol. The molecule has 1 amide bonds. The first-order chi connectivity index (χ1) is 13.1. The lowest BCUT2D eigenvalue weighted by Crippen LogP contribution is -2.12. The summed E-state index contributed by atoms with van der Waals surface area (Å²) in [6.45, 7) is 4.20. The van der Waals surface area contributed by atoms with Crippen molar-refractivity contribution >= 4 is 23.4 Å². The molecule has 3 aromatic rings. The molecule has 1 aromatic heterocycles. The highest BCUT2D eigenvalue weighted by Crippen LogP contribution is 2.23. The predicted molar refractivity (Wildman–Crippen MR) is 108 cm³/mol. The molecule has 0 saturated carbocycles. The highest BCUT2D eigenvalue weighted by atomic mass is 32.2. The van der Waals surface area contributed by atoms with Crippen molar-refractivity contribution in [3.63, 3.8) is 0 Å². The van der Waals surface area contributed by atoms with Gasteiger partial charge in [-0.25, -0.2) is 9.97 Å². The van der Waals surface area contributed by atoms with Crippen molar-refractivity contribution in [1.82, 2.24) is 9.97 Å². The van der Waals surface area contributed by atoms with E-state index in [4.69, 9.17) is 4.74 Å². The second kappa shape index (κ2) is 9.19. The molecule has 2 aromatic carbocycles. The van der Waals surface area contributed by atoms with E-state index in [-0.39, 0.29) is 11.9 Å². The molecule has 0 aliphatic heterocycles. The van der Waals surface area contributed by atoms with Crippen molar-refractivity contribution in [2.24, 2.45) is 0 Å². The Morgan fingerprint density at radius 3 is 2.48 bits per heavy atom. The van der Waals surface area contributed by atoms with E-state index in [0.29, 0.717) is 12.2 Å². The van der Waals surface area contributed by atoms with Crippen molar-refractivity contribution in [3.05, 3.63) is 72.1 Å². The van der Waals surface area contributed by atoms with Crippen LogP contribution in [-0.2, 0) is 4.79 Å². The maximum absolute atomic E-state index is 12.1. The summed E-state index contributed by atoms with van der Waals surface area (Å²) in [5, 5.41) is 2.90. The Hall–Kier alpha value is -2.86. The first-order valence-corrected chi connectivity index (χ1v) is 9.63. The number of carbonyl (C=O) groups is 1. The Balaban J connectivity index is 1.45. The lowest BCUT2D eigenvalue weighted by atomic mass is 10.1. The molecule has 0 saturated heterocycles. The molecule has 3 rings (SSSR count). The average molecular weight is 379 g/mol. The Bertz CT molecular complexity index is 899. The third-order valence-electron chi connectivity index (χ3n) is 3.97. The second-order valence-corrected chi connectivity index (χ2v) is 7.22. The minimum Gasteiger partial charge on any atom is -0.424 e. The van der Waals surface area contributed by atoms with E-state index in [9.17, 15) is 4.79 Å². The summed E-state index contributed by atoms with van der Waals surface area (Å²) >= 11 is 1.69. The summed E-state index contributed by atoms with van der Waals surface area (Å²) in [4.78, 5) is 21.3. The second-order valence-electron chi connectivity index (χ2n) is 6.05. The maximum Gasteiger partial charge on any atom is 0.321 e. The predicted octanol–water partition coefficient (Wildman–Crippen LogP) is 5.01. The van der Waals surface area contributed by atoms with Gasteiger partial charge in [-0.1, -0.05) is 6.07 Å². The van der Waals surface area contributed by atoms with Crippen LogP contribution in [-0.4, -0.2) is 21.6 Å². The number of nitrogens with one attached hydrogen (secondary N) is 1. The van der Waals surface area contributed by atoms with E-state index in [1.54, 1.807) is 54.5 Å². The van der Waals surface area contributed by atoms with Gasteiger partial charge in [0.15, 0.2) is 0 Å². The molecule has 0 spiro atoms. The third kappa shape index (κ3) is 5.82.